The largest absolute Gasteiger partial charge is 0.481 e. The fourth-order valence-corrected chi connectivity index (χ4v) is 3.39. The van der Waals surface area contributed by atoms with Crippen LogP contribution in [0.25, 0.3) is 0 Å². The molecule has 1 aliphatic rings. The van der Waals surface area contributed by atoms with E-state index in [1.54, 1.807) is 0 Å². The monoisotopic (exact) mass is 333 g/mol. The standard InChI is InChI=1S/C15H18Cl2FNO2/c1-9(11-7-14(18)13(17)8-12(11)16)19-4-2-10(3-5-19)6-15(20)21/h7-10H,2-6H2,1H3,(H,20,21). The molecule has 1 aromatic rings. The number of carbonyl (C=O) groups is 1. The number of nitrogens with zero attached hydrogens (tertiary/aromatic N) is 1. The van der Waals surface area contributed by atoms with Crippen LogP contribution in [0.15, 0.2) is 12.1 Å². The first-order chi connectivity index (χ1) is 9.88. The lowest BCUT2D eigenvalue weighted by Gasteiger charge is -2.36. The molecule has 1 atom stereocenters. The molecule has 6 heteroatoms. The lowest BCUT2D eigenvalue weighted by atomic mass is 9.92. The van der Waals surface area contributed by atoms with Crippen molar-refractivity contribution in [2.75, 3.05) is 13.1 Å². The number of halogens is 3. The Hall–Kier alpha value is -0.840. The Balaban J connectivity index is 2.03. The Morgan fingerprint density at radius 1 is 1.38 bits per heavy atom. The summed E-state index contributed by atoms with van der Waals surface area (Å²) in [6.07, 6.45) is 1.90. The van der Waals surface area contributed by atoms with Gasteiger partial charge in [-0.1, -0.05) is 23.2 Å². The molecule has 1 fully saturated rings. The van der Waals surface area contributed by atoms with Crippen molar-refractivity contribution in [2.45, 2.75) is 32.2 Å². The second kappa shape index (κ2) is 6.95. The first kappa shape index (κ1) is 16.5. The summed E-state index contributed by atoms with van der Waals surface area (Å²) in [6, 6.07) is 2.80. The first-order valence-electron chi connectivity index (χ1n) is 6.98. The van der Waals surface area contributed by atoms with Gasteiger partial charge < -0.3 is 5.11 Å². The van der Waals surface area contributed by atoms with Crippen molar-refractivity contribution >= 4 is 29.2 Å². The molecule has 0 bridgehead atoms. The van der Waals surface area contributed by atoms with Gasteiger partial charge in [0.15, 0.2) is 0 Å². The molecule has 3 nitrogen and oxygen atoms in total. The molecular formula is C15H18Cl2FNO2. The molecule has 0 aliphatic carbocycles. The average Bonchev–Trinajstić information content (AvgIpc) is 2.42. The van der Waals surface area contributed by atoms with Gasteiger partial charge in [-0.05, 0) is 56.5 Å². The van der Waals surface area contributed by atoms with E-state index in [0.29, 0.717) is 5.02 Å². The molecule has 0 saturated carbocycles. The van der Waals surface area contributed by atoms with Gasteiger partial charge in [0.2, 0.25) is 0 Å². The number of hydrogen-bond donors (Lipinski definition) is 1. The predicted octanol–water partition coefficient (Wildman–Crippen LogP) is 4.38. The number of piperidine rings is 1. The lowest BCUT2D eigenvalue weighted by Crippen LogP contribution is -2.36. The molecule has 0 spiro atoms. The van der Waals surface area contributed by atoms with Gasteiger partial charge in [0.1, 0.15) is 5.82 Å². The van der Waals surface area contributed by atoms with Gasteiger partial charge in [-0.25, -0.2) is 4.39 Å². The zero-order valence-electron chi connectivity index (χ0n) is 11.8. The SMILES string of the molecule is CC(c1cc(F)c(Cl)cc1Cl)N1CCC(CC(=O)O)CC1. The average molecular weight is 334 g/mol. The number of aliphatic carboxylic acids is 1. The molecule has 0 amide bonds. The van der Waals surface area contributed by atoms with Crippen LogP contribution in [0.1, 0.15) is 37.8 Å². The second-order valence-corrected chi connectivity index (χ2v) is 6.36. The normalized spacial score (nSPS) is 18.7. The molecule has 1 aromatic carbocycles. The quantitative estimate of drug-likeness (QED) is 0.831. The maximum Gasteiger partial charge on any atom is 0.303 e. The van der Waals surface area contributed by atoms with Crippen molar-refractivity contribution in [3.8, 4) is 0 Å². The zero-order valence-corrected chi connectivity index (χ0v) is 13.3. The Labute approximate surface area is 133 Å². The van der Waals surface area contributed by atoms with Crippen LogP contribution in [0.5, 0.6) is 0 Å². The van der Waals surface area contributed by atoms with Crippen LogP contribution in [-0.2, 0) is 4.79 Å². The van der Waals surface area contributed by atoms with E-state index in [2.05, 4.69) is 4.90 Å². The Kier molecular flexibility index (Phi) is 5.47. The third-order valence-electron chi connectivity index (χ3n) is 4.15. The van der Waals surface area contributed by atoms with Gasteiger partial charge in [0.25, 0.3) is 0 Å². The minimum Gasteiger partial charge on any atom is -0.481 e. The van der Waals surface area contributed by atoms with E-state index in [-0.39, 0.29) is 23.4 Å². The lowest BCUT2D eigenvalue weighted by molar-refractivity contribution is -0.138. The second-order valence-electron chi connectivity index (χ2n) is 5.54. The highest BCUT2D eigenvalue weighted by atomic mass is 35.5. The van der Waals surface area contributed by atoms with Gasteiger partial charge in [0, 0.05) is 17.5 Å². The summed E-state index contributed by atoms with van der Waals surface area (Å²) < 4.78 is 13.6. The van der Waals surface area contributed by atoms with Gasteiger partial charge in [-0.15, -0.1) is 0 Å². The van der Waals surface area contributed by atoms with Crippen molar-refractivity contribution in [3.63, 3.8) is 0 Å². The highest BCUT2D eigenvalue weighted by Gasteiger charge is 2.26. The van der Waals surface area contributed by atoms with E-state index in [1.165, 1.54) is 12.1 Å². The molecule has 1 heterocycles. The molecular weight excluding hydrogens is 316 g/mol. The van der Waals surface area contributed by atoms with E-state index in [1.807, 2.05) is 6.92 Å². The summed E-state index contributed by atoms with van der Waals surface area (Å²) in [4.78, 5) is 12.9. The van der Waals surface area contributed by atoms with Gasteiger partial charge >= 0.3 is 5.97 Å². The highest BCUT2D eigenvalue weighted by molar-refractivity contribution is 6.35. The minimum atomic E-state index is -0.746. The maximum atomic E-state index is 13.6. The molecule has 1 aliphatic heterocycles. The van der Waals surface area contributed by atoms with Crippen LogP contribution in [0.3, 0.4) is 0 Å². The molecule has 1 unspecified atom stereocenters. The Morgan fingerprint density at radius 3 is 2.57 bits per heavy atom. The van der Waals surface area contributed by atoms with Crippen LogP contribution in [0, 0.1) is 11.7 Å². The smallest absolute Gasteiger partial charge is 0.303 e. The minimum absolute atomic E-state index is 0.0185. The van der Waals surface area contributed by atoms with Crippen LogP contribution < -0.4 is 0 Å². The summed E-state index contributed by atoms with van der Waals surface area (Å²) in [5, 5.41) is 9.31. The molecule has 1 saturated heterocycles. The molecule has 2 rings (SSSR count). The van der Waals surface area contributed by atoms with E-state index < -0.39 is 11.8 Å². The molecule has 1 N–H and O–H groups in total. The summed E-state index contributed by atoms with van der Waals surface area (Å²) >= 11 is 11.9. The topological polar surface area (TPSA) is 40.5 Å². The number of likely N-dealkylation sites (tertiary alicyclic amines) is 1. The summed E-state index contributed by atoms with van der Waals surface area (Å²) in [5.74, 6) is -0.989. The van der Waals surface area contributed by atoms with Crippen LogP contribution >= 0.6 is 23.2 Å². The number of benzene rings is 1. The van der Waals surface area contributed by atoms with Gasteiger partial charge in [-0.2, -0.15) is 0 Å². The molecule has 0 radical (unpaired) electrons. The Morgan fingerprint density at radius 2 is 2.00 bits per heavy atom. The summed E-state index contributed by atoms with van der Waals surface area (Å²) in [6.45, 7) is 3.56. The maximum absolute atomic E-state index is 13.6. The molecule has 0 aromatic heterocycles. The first-order valence-corrected chi connectivity index (χ1v) is 7.74. The van der Waals surface area contributed by atoms with Crippen LogP contribution in [0.4, 0.5) is 4.39 Å². The molecule has 116 valence electrons. The van der Waals surface area contributed by atoms with Crippen LogP contribution in [0.2, 0.25) is 10.0 Å². The zero-order chi connectivity index (χ0) is 15.6. The number of carboxylic acids is 1. The fraction of sp³-hybridized carbons (Fsp3) is 0.533. The van der Waals surface area contributed by atoms with E-state index in [9.17, 15) is 9.18 Å². The van der Waals surface area contributed by atoms with Gasteiger partial charge in [0.05, 0.1) is 5.02 Å². The highest BCUT2D eigenvalue weighted by Crippen LogP contribution is 2.34. The van der Waals surface area contributed by atoms with Crippen LogP contribution in [-0.4, -0.2) is 29.1 Å². The van der Waals surface area contributed by atoms with E-state index in [0.717, 1.165) is 31.5 Å². The fourth-order valence-electron chi connectivity index (χ4n) is 2.85. The molecule has 21 heavy (non-hydrogen) atoms. The summed E-state index contributed by atoms with van der Waals surface area (Å²) in [7, 11) is 0. The number of carboxylic acid groups (broad SMARTS) is 1. The van der Waals surface area contributed by atoms with Crippen molar-refractivity contribution in [2.24, 2.45) is 5.92 Å². The predicted molar refractivity (Wildman–Crippen MR) is 81.4 cm³/mol. The van der Waals surface area contributed by atoms with Crippen molar-refractivity contribution in [1.29, 1.82) is 0 Å². The van der Waals surface area contributed by atoms with E-state index >= 15 is 0 Å². The van der Waals surface area contributed by atoms with Crippen molar-refractivity contribution in [3.05, 3.63) is 33.6 Å². The van der Waals surface area contributed by atoms with E-state index in [4.69, 9.17) is 28.3 Å². The third-order valence-corrected chi connectivity index (χ3v) is 4.77. The number of hydrogen-bond acceptors (Lipinski definition) is 2. The number of rotatable bonds is 4. The van der Waals surface area contributed by atoms with Gasteiger partial charge in [-0.3, -0.25) is 9.69 Å². The summed E-state index contributed by atoms with van der Waals surface area (Å²) in [5.41, 5.74) is 0.718. The third kappa shape index (κ3) is 4.09. The van der Waals surface area contributed by atoms with Crippen molar-refractivity contribution in [1.82, 2.24) is 4.90 Å². The Bertz CT molecular complexity index is 531. The van der Waals surface area contributed by atoms with Crippen molar-refractivity contribution < 1.29 is 14.3 Å².